The van der Waals surface area contributed by atoms with E-state index in [1.54, 1.807) is 25.6 Å². The molecular weight excluding hydrogens is 282 g/mol. The first kappa shape index (κ1) is 15.4. The van der Waals surface area contributed by atoms with Crippen LogP contribution in [0.5, 0.6) is 0 Å². The van der Waals surface area contributed by atoms with Gasteiger partial charge in [0.05, 0.1) is 24.6 Å². The minimum atomic E-state index is -0.349. The van der Waals surface area contributed by atoms with Crippen molar-refractivity contribution in [1.82, 2.24) is 9.88 Å². The van der Waals surface area contributed by atoms with E-state index in [2.05, 4.69) is 15.2 Å². The van der Waals surface area contributed by atoms with Crippen LogP contribution in [0.1, 0.15) is 12.8 Å². The van der Waals surface area contributed by atoms with Crippen molar-refractivity contribution in [2.24, 2.45) is 5.92 Å². The molecule has 0 saturated carbocycles. The molecule has 0 bridgehead atoms. The molecule has 3 heterocycles. The largest absolute Gasteiger partial charge is 0.383 e. The summed E-state index contributed by atoms with van der Waals surface area (Å²) in [5.74, 6) is 0.425. The zero-order valence-corrected chi connectivity index (χ0v) is 12.9. The third-order valence-electron chi connectivity index (χ3n) is 4.47. The first-order chi connectivity index (χ1) is 10.8. The van der Waals surface area contributed by atoms with Crippen LogP contribution >= 0.6 is 0 Å². The Balaban J connectivity index is 1.52. The van der Waals surface area contributed by atoms with Crippen molar-refractivity contribution in [3.8, 4) is 0 Å². The maximum atomic E-state index is 12.3. The lowest BCUT2D eigenvalue weighted by atomic mass is 9.91. The molecule has 2 aliphatic heterocycles. The van der Waals surface area contributed by atoms with E-state index in [0.29, 0.717) is 11.6 Å². The summed E-state index contributed by atoms with van der Waals surface area (Å²) in [4.78, 5) is 18.7. The average molecular weight is 305 g/mol. The molecule has 0 aromatic carbocycles. The topological polar surface area (TPSA) is 63.7 Å². The normalized spacial score (nSPS) is 28.3. The molecule has 1 amide bonds. The summed E-state index contributed by atoms with van der Waals surface area (Å²) in [5, 5.41) is 2.88. The molecule has 120 valence electrons. The van der Waals surface area contributed by atoms with Crippen molar-refractivity contribution >= 4 is 11.6 Å². The van der Waals surface area contributed by atoms with E-state index in [1.807, 2.05) is 6.07 Å². The Kier molecular flexibility index (Phi) is 5.02. The van der Waals surface area contributed by atoms with Gasteiger partial charge in [-0.2, -0.15) is 0 Å². The van der Waals surface area contributed by atoms with Gasteiger partial charge in [-0.1, -0.05) is 0 Å². The van der Waals surface area contributed by atoms with Crippen molar-refractivity contribution < 1.29 is 14.3 Å². The molecule has 3 rings (SSSR count). The maximum absolute atomic E-state index is 12.3. The highest BCUT2D eigenvalue weighted by Gasteiger charge is 2.41. The Labute approximate surface area is 130 Å². The Morgan fingerprint density at radius 2 is 2.50 bits per heavy atom. The Bertz CT molecular complexity index is 497. The predicted molar refractivity (Wildman–Crippen MR) is 82.6 cm³/mol. The van der Waals surface area contributed by atoms with Crippen LogP contribution in [0.2, 0.25) is 0 Å². The highest BCUT2D eigenvalue weighted by molar-refractivity contribution is 5.94. The molecule has 2 saturated heterocycles. The Hall–Kier alpha value is -1.50. The smallest absolute Gasteiger partial charge is 0.253 e. The van der Waals surface area contributed by atoms with E-state index >= 15 is 0 Å². The molecule has 1 aromatic heterocycles. The van der Waals surface area contributed by atoms with Gasteiger partial charge in [0.1, 0.15) is 6.10 Å². The first-order valence-electron chi connectivity index (χ1n) is 7.84. The first-order valence-corrected chi connectivity index (χ1v) is 7.84. The van der Waals surface area contributed by atoms with Crippen molar-refractivity contribution in [3.63, 3.8) is 0 Å². The molecular formula is C16H23N3O3. The number of hydrogen-bond acceptors (Lipinski definition) is 5. The number of ether oxygens (including phenoxy) is 2. The SMILES string of the molecule is COCCN1CC[C@@H]2C[C@@H](C(=O)Nc3cccnc3)O[C@H]2C1. The fraction of sp³-hybridized carbons (Fsp3) is 0.625. The number of pyridine rings is 1. The van der Waals surface area contributed by atoms with Crippen molar-refractivity contribution in [2.75, 3.05) is 38.7 Å². The van der Waals surface area contributed by atoms with Crippen molar-refractivity contribution in [2.45, 2.75) is 25.0 Å². The van der Waals surface area contributed by atoms with E-state index in [4.69, 9.17) is 9.47 Å². The molecule has 1 aromatic rings. The van der Waals surface area contributed by atoms with Gasteiger partial charge in [0.25, 0.3) is 5.91 Å². The number of aromatic nitrogens is 1. The van der Waals surface area contributed by atoms with E-state index < -0.39 is 0 Å². The number of amides is 1. The molecule has 6 heteroatoms. The van der Waals surface area contributed by atoms with Crippen LogP contribution in [0.3, 0.4) is 0 Å². The van der Waals surface area contributed by atoms with Gasteiger partial charge in [-0.25, -0.2) is 0 Å². The molecule has 6 nitrogen and oxygen atoms in total. The van der Waals surface area contributed by atoms with Crippen LogP contribution in [0.15, 0.2) is 24.5 Å². The van der Waals surface area contributed by atoms with Crippen molar-refractivity contribution in [3.05, 3.63) is 24.5 Å². The van der Waals surface area contributed by atoms with Crippen LogP contribution in [0, 0.1) is 5.92 Å². The van der Waals surface area contributed by atoms with Gasteiger partial charge in [0, 0.05) is 26.4 Å². The van der Waals surface area contributed by atoms with E-state index in [-0.39, 0.29) is 18.1 Å². The summed E-state index contributed by atoms with van der Waals surface area (Å²) in [5.41, 5.74) is 0.715. The second-order valence-electron chi connectivity index (χ2n) is 5.97. The molecule has 0 spiro atoms. The lowest BCUT2D eigenvalue weighted by Crippen LogP contribution is -2.43. The van der Waals surface area contributed by atoms with E-state index in [0.717, 1.165) is 39.1 Å². The number of nitrogens with zero attached hydrogens (tertiary/aromatic N) is 2. The molecule has 22 heavy (non-hydrogen) atoms. The van der Waals surface area contributed by atoms with Gasteiger partial charge >= 0.3 is 0 Å². The monoisotopic (exact) mass is 305 g/mol. The molecule has 3 atom stereocenters. The molecule has 1 N–H and O–H groups in total. The standard InChI is InChI=1S/C16H23N3O3/c1-21-8-7-19-6-4-12-9-14(22-15(12)11-19)16(20)18-13-3-2-5-17-10-13/h2-3,5,10,12,14-15H,4,6-9,11H2,1H3,(H,18,20)/t12-,14+,15+/m1/s1. The lowest BCUT2D eigenvalue weighted by molar-refractivity contribution is -0.127. The minimum Gasteiger partial charge on any atom is -0.383 e. The maximum Gasteiger partial charge on any atom is 0.253 e. The van der Waals surface area contributed by atoms with Gasteiger partial charge in [-0.3, -0.25) is 14.7 Å². The van der Waals surface area contributed by atoms with Gasteiger partial charge in [-0.05, 0) is 37.4 Å². The average Bonchev–Trinajstić information content (AvgIpc) is 2.97. The second kappa shape index (κ2) is 7.17. The van der Waals surface area contributed by atoms with Gasteiger partial charge in [0.15, 0.2) is 0 Å². The van der Waals surface area contributed by atoms with Crippen LogP contribution in [-0.4, -0.2) is 61.3 Å². The number of anilines is 1. The number of rotatable bonds is 5. The summed E-state index contributed by atoms with van der Waals surface area (Å²) in [7, 11) is 1.72. The molecule has 2 aliphatic rings. The summed E-state index contributed by atoms with van der Waals surface area (Å²) >= 11 is 0. The number of methoxy groups -OCH3 is 1. The van der Waals surface area contributed by atoms with E-state index in [9.17, 15) is 4.79 Å². The lowest BCUT2D eigenvalue weighted by Gasteiger charge is -2.33. The number of nitrogens with one attached hydrogen (secondary N) is 1. The number of fused-ring (bicyclic) bond motifs is 1. The molecule has 0 unspecified atom stereocenters. The fourth-order valence-electron chi connectivity index (χ4n) is 3.25. The number of piperidine rings is 1. The van der Waals surface area contributed by atoms with Crippen LogP contribution in [-0.2, 0) is 14.3 Å². The molecule has 0 radical (unpaired) electrons. The highest BCUT2D eigenvalue weighted by atomic mass is 16.5. The second-order valence-corrected chi connectivity index (χ2v) is 5.97. The number of carbonyl (C=O) groups is 1. The van der Waals surface area contributed by atoms with Gasteiger partial charge < -0.3 is 14.8 Å². The van der Waals surface area contributed by atoms with Crippen molar-refractivity contribution in [1.29, 1.82) is 0 Å². The Morgan fingerprint density at radius 1 is 1.59 bits per heavy atom. The quantitative estimate of drug-likeness (QED) is 0.884. The molecule has 2 fully saturated rings. The third-order valence-corrected chi connectivity index (χ3v) is 4.47. The Morgan fingerprint density at radius 3 is 3.27 bits per heavy atom. The number of likely N-dealkylation sites (tertiary alicyclic amines) is 1. The minimum absolute atomic E-state index is 0.0640. The molecule has 0 aliphatic carbocycles. The van der Waals surface area contributed by atoms with E-state index in [1.165, 1.54) is 0 Å². The van der Waals surface area contributed by atoms with Crippen LogP contribution in [0.4, 0.5) is 5.69 Å². The highest BCUT2D eigenvalue weighted by Crippen LogP contribution is 2.33. The zero-order chi connectivity index (χ0) is 15.4. The fourth-order valence-corrected chi connectivity index (χ4v) is 3.25. The van der Waals surface area contributed by atoms with Gasteiger partial charge in [-0.15, -0.1) is 0 Å². The summed E-state index contributed by atoms with van der Waals surface area (Å²) in [6, 6.07) is 3.64. The van der Waals surface area contributed by atoms with Gasteiger partial charge in [0.2, 0.25) is 0 Å². The van der Waals surface area contributed by atoms with Crippen LogP contribution in [0.25, 0.3) is 0 Å². The zero-order valence-electron chi connectivity index (χ0n) is 12.9. The summed E-state index contributed by atoms with van der Waals surface area (Å²) in [6.07, 6.45) is 5.05. The third kappa shape index (κ3) is 3.63. The number of carbonyl (C=O) groups excluding carboxylic acids is 1. The van der Waals surface area contributed by atoms with Crippen LogP contribution < -0.4 is 5.32 Å². The summed E-state index contributed by atoms with van der Waals surface area (Å²) < 4.78 is 11.1. The number of hydrogen-bond donors (Lipinski definition) is 1. The predicted octanol–water partition coefficient (Wildman–Crippen LogP) is 1.15. The summed E-state index contributed by atoms with van der Waals surface area (Å²) in [6.45, 7) is 3.62.